The summed E-state index contributed by atoms with van der Waals surface area (Å²) in [6.45, 7) is 0. The Labute approximate surface area is 165 Å². The number of pyridine rings is 1. The standard InChI is InChI=1S/C21H18FN3O4/c1-28-16-7-6-13(11-15(16)26)23-21-19(24-18-5-3-4-8-25(18)21)12-9-14(22)20(27)17(10-12)29-2/h3-11,23,26-27H,1-2H3. The highest BCUT2D eigenvalue weighted by atomic mass is 19.1. The van der Waals surface area contributed by atoms with E-state index < -0.39 is 11.6 Å². The lowest BCUT2D eigenvalue weighted by molar-refractivity contribution is 0.357. The van der Waals surface area contributed by atoms with Crippen molar-refractivity contribution in [2.45, 2.75) is 0 Å². The van der Waals surface area contributed by atoms with Gasteiger partial charge in [0, 0.05) is 23.5 Å². The van der Waals surface area contributed by atoms with Crippen molar-refractivity contribution in [1.82, 2.24) is 9.38 Å². The van der Waals surface area contributed by atoms with Gasteiger partial charge in [-0.1, -0.05) is 6.07 Å². The number of aromatic hydroxyl groups is 2. The largest absolute Gasteiger partial charge is 0.504 e. The monoisotopic (exact) mass is 395 g/mol. The number of nitrogens with zero attached hydrogens (tertiary/aromatic N) is 2. The van der Waals surface area contributed by atoms with Crippen LogP contribution in [0.25, 0.3) is 16.9 Å². The fraction of sp³-hybridized carbons (Fsp3) is 0.0952. The first-order chi connectivity index (χ1) is 14.0. The summed E-state index contributed by atoms with van der Waals surface area (Å²) in [4.78, 5) is 4.59. The zero-order valence-corrected chi connectivity index (χ0v) is 15.7. The van der Waals surface area contributed by atoms with Crippen molar-refractivity contribution in [3.05, 3.63) is 60.5 Å². The predicted molar refractivity (Wildman–Crippen MR) is 107 cm³/mol. The number of anilines is 2. The number of phenolic OH excluding ortho intramolecular Hbond substituents is 2. The molecule has 4 rings (SSSR count). The molecule has 148 valence electrons. The molecule has 2 aromatic carbocycles. The molecule has 0 aliphatic rings. The van der Waals surface area contributed by atoms with Crippen LogP contribution in [-0.4, -0.2) is 33.8 Å². The Morgan fingerprint density at radius 1 is 1.00 bits per heavy atom. The number of halogens is 1. The van der Waals surface area contributed by atoms with Crippen LogP contribution in [0.2, 0.25) is 0 Å². The molecule has 2 heterocycles. The number of hydrogen-bond donors (Lipinski definition) is 3. The number of ether oxygens (including phenoxy) is 2. The molecule has 0 saturated carbocycles. The fourth-order valence-corrected chi connectivity index (χ4v) is 3.09. The second-order valence-electron chi connectivity index (χ2n) is 6.26. The first kappa shape index (κ1) is 18.4. The van der Waals surface area contributed by atoms with Crippen LogP contribution in [0.15, 0.2) is 54.7 Å². The molecule has 0 radical (unpaired) electrons. The minimum Gasteiger partial charge on any atom is -0.504 e. The van der Waals surface area contributed by atoms with E-state index in [4.69, 9.17) is 9.47 Å². The average Bonchev–Trinajstić information content (AvgIpc) is 3.08. The van der Waals surface area contributed by atoms with Crippen LogP contribution in [-0.2, 0) is 0 Å². The normalized spacial score (nSPS) is 10.9. The van der Waals surface area contributed by atoms with Crippen molar-refractivity contribution >= 4 is 17.2 Å². The first-order valence-electron chi connectivity index (χ1n) is 8.69. The van der Waals surface area contributed by atoms with Gasteiger partial charge < -0.3 is 25.0 Å². The van der Waals surface area contributed by atoms with E-state index in [1.54, 1.807) is 16.5 Å². The van der Waals surface area contributed by atoms with Gasteiger partial charge >= 0.3 is 0 Å². The van der Waals surface area contributed by atoms with Gasteiger partial charge in [0.2, 0.25) is 0 Å². The SMILES string of the molecule is COc1ccc(Nc2c(-c3cc(F)c(O)c(OC)c3)nc3ccccn23)cc1O. The van der Waals surface area contributed by atoms with Crippen LogP contribution in [0, 0.1) is 5.82 Å². The maximum absolute atomic E-state index is 14.2. The van der Waals surface area contributed by atoms with Crippen molar-refractivity contribution < 1.29 is 24.1 Å². The van der Waals surface area contributed by atoms with Gasteiger partial charge in [-0.15, -0.1) is 0 Å². The molecule has 0 aliphatic heterocycles. The summed E-state index contributed by atoms with van der Waals surface area (Å²) < 4.78 is 26.2. The maximum atomic E-state index is 14.2. The summed E-state index contributed by atoms with van der Waals surface area (Å²) >= 11 is 0. The molecule has 0 aliphatic carbocycles. The zero-order chi connectivity index (χ0) is 20.5. The number of benzene rings is 2. The highest BCUT2D eigenvalue weighted by Crippen LogP contribution is 2.38. The van der Waals surface area contributed by atoms with Gasteiger partial charge in [-0.25, -0.2) is 9.37 Å². The third-order valence-corrected chi connectivity index (χ3v) is 4.49. The average molecular weight is 395 g/mol. The van der Waals surface area contributed by atoms with Crippen molar-refractivity contribution in [3.8, 4) is 34.3 Å². The molecule has 0 spiro atoms. The fourth-order valence-electron chi connectivity index (χ4n) is 3.09. The molecule has 0 unspecified atom stereocenters. The van der Waals surface area contributed by atoms with E-state index in [0.717, 1.165) is 0 Å². The van der Waals surface area contributed by atoms with Crippen LogP contribution < -0.4 is 14.8 Å². The number of hydrogen-bond acceptors (Lipinski definition) is 6. The van der Waals surface area contributed by atoms with Crippen LogP contribution in [0.4, 0.5) is 15.9 Å². The summed E-state index contributed by atoms with van der Waals surface area (Å²) in [6.07, 6.45) is 1.81. The van der Waals surface area contributed by atoms with E-state index in [-0.39, 0.29) is 11.5 Å². The number of fused-ring (bicyclic) bond motifs is 1. The number of nitrogens with one attached hydrogen (secondary N) is 1. The second-order valence-corrected chi connectivity index (χ2v) is 6.26. The molecule has 8 heteroatoms. The molecular weight excluding hydrogens is 377 g/mol. The van der Waals surface area contributed by atoms with Gasteiger partial charge in [-0.05, 0) is 36.4 Å². The second kappa shape index (κ2) is 7.23. The quantitative estimate of drug-likeness (QED) is 0.467. The van der Waals surface area contributed by atoms with Gasteiger partial charge in [0.25, 0.3) is 0 Å². The zero-order valence-electron chi connectivity index (χ0n) is 15.7. The van der Waals surface area contributed by atoms with Gasteiger partial charge in [0.15, 0.2) is 28.8 Å². The summed E-state index contributed by atoms with van der Waals surface area (Å²) in [5.41, 5.74) is 2.08. The van der Waals surface area contributed by atoms with Crippen LogP contribution in [0.5, 0.6) is 23.0 Å². The molecular formula is C21H18FN3O4. The lowest BCUT2D eigenvalue weighted by Gasteiger charge is -2.12. The Bertz CT molecular complexity index is 1210. The summed E-state index contributed by atoms with van der Waals surface area (Å²) in [7, 11) is 2.82. The molecule has 0 atom stereocenters. The molecule has 3 N–H and O–H groups in total. The minimum atomic E-state index is -0.815. The number of methoxy groups -OCH3 is 2. The molecule has 0 fully saturated rings. The van der Waals surface area contributed by atoms with Gasteiger partial charge in [-0.3, -0.25) is 4.40 Å². The smallest absolute Gasteiger partial charge is 0.194 e. The molecule has 0 amide bonds. The molecule has 0 saturated heterocycles. The number of aromatic nitrogens is 2. The molecule has 4 aromatic rings. The highest BCUT2D eigenvalue weighted by Gasteiger charge is 2.19. The van der Waals surface area contributed by atoms with E-state index >= 15 is 0 Å². The Hall–Kier alpha value is -3.94. The summed E-state index contributed by atoms with van der Waals surface area (Å²) in [5.74, 6) is -0.495. The van der Waals surface area contributed by atoms with Gasteiger partial charge in [-0.2, -0.15) is 0 Å². The van der Waals surface area contributed by atoms with Gasteiger partial charge in [0.1, 0.15) is 17.2 Å². The van der Waals surface area contributed by atoms with Crippen molar-refractivity contribution in [1.29, 1.82) is 0 Å². The maximum Gasteiger partial charge on any atom is 0.194 e. The van der Waals surface area contributed by atoms with E-state index in [2.05, 4.69) is 10.3 Å². The van der Waals surface area contributed by atoms with Crippen LogP contribution in [0.1, 0.15) is 0 Å². The Morgan fingerprint density at radius 3 is 2.52 bits per heavy atom. The topological polar surface area (TPSA) is 88.2 Å². The molecule has 7 nitrogen and oxygen atoms in total. The van der Waals surface area contributed by atoms with E-state index in [9.17, 15) is 14.6 Å². The lowest BCUT2D eigenvalue weighted by Crippen LogP contribution is -1.98. The van der Waals surface area contributed by atoms with E-state index in [0.29, 0.717) is 34.2 Å². The van der Waals surface area contributed by atoms with E-state index in [1.165, 1.54) is 32.4 Å². The molecule has 2 aromatic heterocycles. The third-order valence-electron chi connectivity index (χ3n) is 4.49. The summed E-state index contributed by atoms with van der Waals surface area (Å²) in [6, 6.07) is 13.1. The van der Waals surface area contributed by atoms with Crippen molar-refractivity contribution in [3.63, 3.8) is 0 Å². The number of imidazole rings is 1. The predicted octanol–water partition coefficient (Wildman–Crippen LogP) is 4.31. The number of phenols is 2. The Morgan fingerprint density at radius 2 is 1.79 bits per heavy atom. The Balaban J connectivity index is 1.88. The highest BCUT2D eigenvalue weighted by molar-refractivity contribution is 5.81. The van der Waals surface area contributed by atoms with Crippen molar-refractivity contribution in [2.75, 3.05) is 19.5 Å². The lowest BCUT2D eigenvalue weighted by atomic mass is 10.1. The molecule has 29 heavy (non-hydrogen) atoms. The molecule has 0 bridgehead atoms. The van der Waals surface area contributed by atoms with E-state index in [1.807, 2.05) is 24.4 Å². The van der Waals surface area contributed by atoms with Gasteiger partial charge in [0.05, 0.1) is 14.2 Å². The number of rotatable bonds is 5. The minimum absolute atomic E-state index is 0.00472. The van der Waals surface area contributed by atoms with Crippen LogP contribution in [0.3, 0.4) is 0 Å². The third kappa shape index (κ3) is 3.25. The first-order valence-corrected chi connectivity index (χ1v) is 8.69. The summed E-state index contributed by atoms with van der Waals surface area (Å²) in [5, 5.41) is 23.1. The van der Waals surface area contributed by atoms with Crippen LogP contribution >= 0.6 is 0 Å². The Kier molecular flexibility index (Phi) is 4.59. The van der Waals surface area contributed by atoms with Crippen molar-refractivity contribution in [2.24, 2.45) is 0 Å².